The molecule has 0 spiro atoms. The molecule has 0 saturated heterocycles. The molecular formula is C6H8N2O2. The molecule has 54 valence electrons. The summed E-state index contributed by atoms with van der Waals surface area (Å²) < 4.78 is 0. The van der Waals surface area contributed by atoms with E-state index in [0.717, 1.165) is 0 Å². The summed E-state index contributed by atoms with van der Waals surface area (Å²) >= 11 is 0. The monoisotopic (exact) mass is 140 g/mol. The second kappa shape index (κ2) is 3.03. The van der Waals surface area contributed by atoms with Crippen LogP contribution in [0.25, 0.3) is 0 Å². The van der Waals surface area contributed by atoms with Gasteiger partial charge >= 0.3 is 0 Å². The van der Waals surface area contributed by atoms with Crippen LogP contribution in [0.3, 0.4) is 0 Å². The maximum atomic E-state index is 10.5. The van der Waals surface area contributed by atoms with E-state index in [1.807, 2.05) is 0 Å². The van der Waals surface area contributed by atoms with Gasteiger partial charge in [0.1, 0.15) is 6.26 Å². The van der Waals surface area contributed by atoms with Crippen molar-refractivity contribution >= 4 is 5.91 Å². The van der Waals surface area contributed by atoms with Crippen molar-refractivity contribution in [3.05, 3.63) is 24.0 Å². The van der Waals surface area contributed by atoms with Crippen molar-refractivity contribution in [3.8, 4) is 0 Å². The minimum absolute atomic E-state index is 0.441. The predicted octanol–water partition coefficient (Wildman–Crippen LogP) is -0.553. The molecule has 0 bridgehead atoms. The fourth-order valence-electron chi connectivity index (χ4n) is 0.606. The average Bonchev–Trinajstić information content (AvgIpc) is 2.12. The lowest BCUT2D eigenvalue weighted by Gasteiger charge is -1.92. The van der Waals surface area contributed by atoms with E-state index in [4.69, 9.17) is 5.73 Å². The molecule has 0 atom stereocenters. The Labute approximate surface area is 58.3 Å². The van der Waals surface area contributed by atoms with Gasteiger partial charge in [-0.25, -0.2) is 0 Å². The number of rotatable bonds is 1. The van der Waals surface area contributed by atoms with E-state index >= 15 is 0 Å². The van der Waals surface area contributed by atoms with Crippen LogP contribution in [0.2, 0.25) is 0 Å². The lowest BCUT2D eigenvalue weighted by Crippen LogP contribution is -2.13. The average molecular weight is 140 g/mol. The van der Waals surface area contributed by atoms with Gasteiger partial charge in [-0.2, -0.15) is 5.48 Å². The van der Waals surface area contributed by atoms with Gasteiger partial charge in [-0.1, -0.05) is 6.08 Å². The molecule has 0 aromatic carbocycles. The van der Waals surface area contributed by atoms with Gasteiger partial charge in [-0.05, 0) is 6.08 Å². The highest BCUT2D eigenvalue weighted by Crippen LogP contribution is 1.97. The lowest BCUT2D eigenvalue weighted by molar-refractivity contribution is -0.114. The lowest BCUT2D eigenvalue weighted by atomic mass is 10.2. The van der Waals surface area contributed by atoms with Crippen LogP contribution in [0.5, 0.6) is 0 Å². The van der Waals surface area contributed by atoms with E-state index < -0.39 is 5.91 Å². The molecule has 0 aliphatic carbocycles. The molecule has 10 heavy (non-hydrogen) atoms. The zero-order valence-corrected chi connectivity index (χ0v) is 5.33. The molecule has 0 saturated carbocycles. The number of nitrogens with two attached hydrogens (primary N) is 1. The molecule has 0 unspecified atom stereocenters. The minimum Gasteiger partial charge on any atom is -0.416 e. The molecule has 1 heterocycles. The molecular weight excluding hydrogens is 132 g/mol. The molecule has 1 aliphatic rings. The van der Waals surface area contributed by atoms with Crippen molar-refractivity contribution < 1.29 is 9.63 Å². The standard InChI is InChI=1S/C6H8N2O2/c7-6(9)5-1-3-8-10-4-2-5/h1-2,4,8H,3H2,(H2,7,9). The first-order valence-corrected chi connectivity index (χ1v) is 2.86. The number of hydroxylamine groups is 1. The van der Waals surface area contributed by atoms with Crippen LogP contribution in [0.15, 0.2) is 24.0 Å². The van der Waals surface area contributed by atoms with Gasteiger partial charge in [0.2, 0.25) is 5.91 Å². The maximum Gasteiger partial charge on any atom is 0.248 e. The number of hydrogen-bond acceptors (Lipinski definition) is 3. The van der Waals surface area contributed by atoms with Crippen molar-refractivity contribution in [1.29, 1.82) is 0 Å². The quantitative estimate of drug-likeness (QED) is 0.513. The van der Waals surface area contributed by atoms with Crippen molar-refractivity contribution in [1.82, 2.24) is 5.48 Å². The maximum absolute atomic E-state index is 10.5. The fourth-order valence-corrected chi connectivity index (χ4v) is 0.606. The predicted molar refractivity (Wildman–Crippen MR) is 35.5 cm³/mol. The molecule has 4 nitrogen and oxygen atoms in total. The number of amides is 1. The van der Waals surface area contributed by atoms with E-state index in [9.17, 15) is 4.79 Å². The Morgan fingerprint density at radius 1 is 1.80 bits per heavy atom. The molecule has 0 aromatic rings. The molecule has 1 amide bonds. The van der Waals surface area contributed by atoms with Crippen LogP contribution >= 0.6 is 0 Å². The summed E-state index contributed by atoms with van der Waals surface area (Å²) in [7, 11) is 0. The Morgan fingerprint density at radius 3 is 3.30 bits per heavy atom. The Bertz CT molecular complexity index is 196. The van der Waals surface area contributed by atoms with Crippen LogP contribution in [0.1, 0.15) is 0 Å². The number of carbonyl (C=O) groups is 1. The summed E-state index contributed by atoms with van der Waals surface area (Å²) in [4.78, 5) is 15.2. The summed E-state index contributed by atoms with van der Waals surface area (Å²) in [5.41, 5.74) is 8.02. The van der Waals surface area contributed by atoms with Crippen LogP contribution in [-0.4, -0.2) is 12.5 Å². The molecule has 1 rings (SSSR count). The van der Waals surface area contributed by atoms with Gasteiger partial charge in [0, 0.05) is 5.57 Å². The third kappa shape index (κ3) is 1.60. The summed E-state index contributed by atoms with van der Waals surface area (Å²) in [6.45, 7) is 0.491. The Balaban J connectivity index is 2.70. The van der Waals surface area contributed by atoms with E-state index in [1.54, 1.807) is 6.08 Å². The molecule has 3 N–H and O–H groups in total. The Hall–Kier alpha value is -1.29. The van der Waals surface area contributed by atoms with E-state index in [-0.39, 0.29) is 0 Å². The summed E-state index contributed by atoms with van der Waals surface area (Å²) in [6.07, 6.45) is 4.55. The van der Waals surface area contributed by atoms with Gasteiger partial charge in [0.15, 0.2) is 0 Å². The number of primary amides is 1. The van der Waals surface area contributed by atoms with E-state index in [0.29, 0.717) is 12.1 Å². The smallest absolute Gasteiger partial charge is 0.248 e. The van der Waals surface area contributed by atoms with Crippen LogP contribution in [0.4, 0.5) is 0 Å². The molecule has 0 radical (unpaired) electrons. The van der Waals surface area contributed by atoms with Crippen LogP contribution in [0, 0.1) is 0 Å². The Kier molecular flexibility index (Phi) is 2.07. The molecule has 4 heteroatoms. The van der Waals surface area contributed by atoms with E-state index in [1.165, 1.54) is 12.3 Å². The molecule has 0 fully saturated rings. The van der Waals surface area contributed by atoms with Crippen LogP contribution < -0.4 is 11.2 Å². The van der Waals surface area contributed by atoms with Crippen molar-refractivity contribution in [2.24, 2.45) is 5.73 Å². The number of hydrogen-bond donors (Lipinski definition) is 2. The minimum atomic E-state index is -0.441. The second-order valence-corrected chi connectivity index (χ2v) is 1.79. The molecule has 1 aliphatic heterocycles. The Morgan fingerprint density at radius 2 is 2.60 bits per heavy atom. The SMILES string of the molecule is NC(=O)C1=CCNOC=C1. The first kappa shape index (κ1) is 6.82. The van der Waals surface area contributed by atoms with Crippen molar-refractivity contribution in [2.75, 3.05) is 6.54 Å². The third-order valence-electron chi connectivity index (χ3n) is 1.09. The van der Waals surface area contributed by atoms with E-state index in [2.05, 4.69) is 10.3 Å². The third-order valence-corrected chi connectivity index (χ3v) is 1.09. The summed E-state index contributed by atoms with van der Waals surface area (Å²) in [5, 5.41) is 0. The highest BCUT2D eigenvalue weighted by atomic mass is 16.6. The van der Waals surface area contributed by atoms with Crippen molar-refractivity contribution in [2.45, 2.75) is 0 Å². The van der Waals surface area contributed by atoms with Gasteiger partial charge in [0.25, 0.3) is 0 Å². The number of nitrogens with one attached hydrogen (secondary N) is 1. The topological polar surface area (TPSA) is 64.4 Å². The van der Waals surface area contributed by atoms with Gasteiger partial charge < -0.3 is 10.6 Å². The van der Waals surface area contributed by atoms with Gasteiger partial charge in [-0.15, -0.1) is 0 Å². The highest BCUT2D eigenvalue weighted by Gasteiger charge is 2.01. The molecule has 0 aromatic heterocycles. The highest BCUT2D eigenvalue weighted by molar-refractivity contribution is 5.94. The first-order valence-electron chi connectivity index (χ1n) is 2.86. The van der Waals surface area contributed by atoms with Gasteiger partial charge in [-0.3, -0.25) is 4.79 Å². The zero-order chi connectivity index (χ0) is 7.40. The van der Waals surface area contributed by atoms with Crippen molar-refractivity contribution in [3.63, 3.8) is 0 Å². The fraction of sp³-hybridized carbons (Fsp3) is 0.167. The van der Waals surface area contributed by atoms with Gasteiger partial charge in [0.05, 0.1) is 6.54 Å². The van der Waals surface area contributed by atoms with Crippen LogP contribution in [-0.2, 0) is 9.63 Å². The second-order valence-electron chi connectivity index (χ2n) is 1.79. The number of carbonyl (C=O) groups excluding carboxylic acids is 1. The summed E-state index contributed by atoms with van der Waals surface area (Å²) in [6, 6.07) is 0. The zero-order valence-electron chi connectivity index (χ0n) is 5.33. The summed E-state index contributed by atoms with van der Waals surface area (Å²) in [5.74, 6) is -0.441. The normalized spacial score (nSPS) is 17.0. The first-order chi connectivity index (χ1) is 4.80. The largest absolute Gasteiger partial charge is 0.416 e.